The second-order valence-corrected chi connectivity index (χ2v) is 4.45. The predicted molar refractivity (Wildman–Crippen MR) is 59.5 cm³/mol. The number of halogens is 1. The summed E-state index contributed by atoms with van der Waals surface area (Å²) < 4.78 is 5.66. The van der Waals surface area contributed by atoms with E-state index in [1.165, 1.54) is 19.4 Å². The second kappa shape index (κ2) is 5.99. The molecule has 0 saturated carbocycles. The van der Waals surface area contributed by atoms with E-state index in [0.717, 1.165) is 18.5 Å². The molecule has 1 fully saturated rings. The van der Waals surface area contributed by atoms with Crippen LogP contribution in [0, 0.1) is 0 Å². The van der Waals surface area contributed by atoms with E-state index >= 15 is 0 Å². The van der Waals surface area contributed by atoms with Crippen LogP contribution in [0.1, 0.15) is 26.7 Å². The van der Waals surface area contributed by atoms with Crippen LogP contribution in [0.2, 0.25) is 0 Å². The van der Waals surface area contributed by atoms with Gasteiger partial charge in [0.1, 0.15) is 0 Å². The summed E-state index contributed by atoms with van der Waals surface area (Å²) in [6, 6.07) is 0.599. The molecule has 0 N–H and O–H groups in total. The monoisotopic (exact) mass is 249 g/mol. The normalized spacial score (nSPS) is 30.7. The maximum atomic E-state index is 5.66. The van der Waals surface area contributed by atoms with Crippen LogP contribution in [0.5, 0.6) is 0 Å². The largest absolute Gasteiger partial charge is 0.374 e. The molecule has 2 unspecified atom stereocenters. The van der Waals surface area contributed by atoms with E-state index in [4.69, 9.17) is 4.74 Å². The van der Waals surface area contributed by atoms with E-state index in [1.54, 1.807) is 0 Å². The van der Waals surface area contributed by atoms with Crippen molar-refractivity contribution in [3.8, 4) is 0 Å². The number of alkyl halides is 1. The van der Waals surface area contributed by atoms with E-state index in [2.05, 4.69) is 34.7 Å². The van der Waals surface area contributed by atoms with Gasteiger partial charge in [-0.1, -0.05) is 29.3 Å². The highest BCUT2D eigenvalue weighted by Crippen LogP contribution is 2.13. The number of rotatable bonds is 4. The van der Waals surface area contributed by atoms with Crippen molar-refractivity contribution in [2.45, 2.75) is 38.8 Å². The Labute approximate surface area is 89.8 Å². The molecular weight excluding hydrogens is 230 g/mol. The van der Waals surface area contributed by atoms with Crippen LogP contribution in [0.25, 0.3) is 0 Å². The van der Waals surface area contributed by atoms with E-state index in [0.29, 0.717) is 12.1 Å². The first kappa shape index (κ1) is 11.5. The van der Waals surface area contributed by atoms with Gasteiger partial charge in [0.2, 0.25) is 0 Å². The lowest BCUT2D eigenvalue weighted by Crippen LogP contribution is -2.49. The zero-order chi connectivity index (χ0) is 9.68. The maximum absolute atomic E-state index is 5.66. The summed E-state index contributed by atoms with van der Waals surface area (Å²) in [4.78, 5) is 2.54. The molecule has 2 nitrogen and oxygen atoms in total. The molecule has 0 aliphatic carbocycles. The van der Waals surface area contributed by atoms with E-state index < -0.39 is 0 Å². The summed E-state index contributed by atoms with van der Waals surface area (Å²) in [5.74, 6) is 0. The number of unbranched alkanes of at least 4 members (excludes halogenated alkanes) is 1. The van der Waals surface area contributed by atoms with Crippen molar-refractivity contribution < 1.29 is 4.74 Å². The number of hydrogen-bond donors (Lipinski definition) is 0. The molecule has 0 aromatic carbocycles. The number of morpholine rings is 1. The fraction of sp³-hybridized carbons (Fsp3) is 1.00. The molecule has 0 aromatic rings. The van der Waals surface area contributed by atoms with E-state index in [9.17, 15) is 0 Å². The molecule has 78 valence electrons. The molecule has 1 heterocycles. The highest BCUT2D eigenvalue weighted by molar-refractivity contribution is 9.09. The van der Waals surface area contributed by atoms with Crippen LogP contribution in [-0.4, -0.2) is 42.1 Å². The third-order valence-corrected chi connectivity index (χ3v) is 3.33. The van der Waals surface area contributed by atoms with Crippen molar-refractivity contribution in [2.75, 3.05) is 25.0 Å². The molecule has 0 spiro atoms. The Balaban J connectivity index is 2.31. The third-order valence-electron chi connectivity index (χ3n) is 2.61. The first-order chi connectivity index (χ1) is 6.27. The molecule has 0 aromatic heterocycles. The highest BCUT2D eigenvalue weighted by Gasteiger charge is 2.24. The first-order valence-corrected chi connectivity index (χ1v) is 6.31. The number of nitrogens with zero attached hydrogens (tertiary/aromatic N) is 1. The van der Waals surface area contributed by atoms with Crippen molar-refractivity contribution in [2.24, 2.45) is 0 Å². The molecular formula is C10H20BrNO. The van der Waals surface area contributed by atoms with E-state index in [-0.39, 0.29) is 0 Å². The van der Waals surface area contributed by atoms with Gasteiger partial charge in [-0.3, -0.25) is 4.90 Å². The van der Waals surface area contributed by atoms with Crippen LogP contribution in [0.15, 0.2) is 0 Å². The smallest absolute Gasteiger partial charge is 0.0799 e. The topological polar surface area (TPSA) is 12.5 Å². The van der Waals surface area contributed by atoms with Gasteiger partial charge in [-0.2, -0.15) is 0 Å². The second-order valence-electron chi connectivity index (χ2n) is 3.81. The molecule has 1 aliphatic heterocycles. The van der Waals surface area contributed by atoms with Crippen molar-refractivity contribution in [1.82, 2.24) is 4.90 Å². The Morgan fingerprint density at radius 1 is 1.54 bits per heavy atom. The van der Waals surface area contributed by atoms with Crippen LogP contribution >= 0.6 is 15.9 Å². The van der Waals surface area contributed by atoms with Gasteiger partial charge in [0.15, 0.2) is 0 Å². The fourth-order valence-corrected chi connectivity index (χ4v) is 2.03. The Hall–Kier alpha value is 0.400. The van der Waals surface area contributed by atoms with Gasteiger partial charge in [0, 0.05) is 17.9 Å². The molecule has 2 atom stereocenters. The maximum Gasteiger partial charge on any atom is 0.0799 e. The van der Waals surface area contributed by atoms with Crippen molar-refractivity contribution in [1.29, 1.82) is 0 Å². The molecule has 1 saturated heterocycles. The molecule has 0 bridgehead atoms. The predicted octanol–water partition coefficient (Wildman–Crippen LogP) is 2.27. The number of ether oxygens (including phenoxy) is 1. The Kier molecular flexibility index (Phi) is 5.29. The van der Waals surface area contributed by atoms with Gasteiger partial charge in [0.05, 0.1) is 12.7 Å². The Bertz CT molecular complexity index is 143. The lowest BCUT2D eigenvalue weighted by molar-refractivity contribution is -0.0468. The molecule has 0 radical (unpaired) electrons. The molecule has 3 heteroatoms. The van der Waals surface area contributed by atoms with Crippen molar-refractivity contribution >= 4 is 15.9 Å². The summed E-state index contributed by atoms with van der Waals surface area (Å²) in [7, 11) is 0. The Morgan fingerprint density at radius 2 is 2.31 bits per heavy atom. The standard InChI is InChI=1S/C10H20BrNO/c1-3-4-5-12-7-10(6-11)13-8-9(12)2/h9-10H,3-8H2,1-2H3. The van der Waals surface area contributed by atoms with Crippen molar-refractivity contribution in [3.63, 3.8) is 0 Å². The van der Waals surface area contributed by atoms with Crippen LogP contribution in [0.4, 0.5) is 0 Å². The highest BCUT2D eigenvalue weighted by atomic mass is 79.9. The zero-order valence-corrected chi connectivity index (χ0v) is 10.2. The molecule has 13 heavy (non-hydrogen) atoms. The summed E-state index contributed by atoms with van der Waals surface area (Å²) in [5, 5.41) is 0.961. The average Bonchev–Trinajstić information content (AvgIpc) is 2.17. The lowest BCUT2D eigenvalue weighted by Gasteiger charge is -2.37. The van der Waals surface area contributed by atoms with Crippen molar-refractivity contribution in [3.05, 3.63) is 0 Å². The SMILES string of the molecule is CCCCN1CC(CBr)OCC1C. The fourth-order valence-electron chi connectivity index (χ4n) is 1.64. The molecule has 1 rings (SSSR count). The summed E-state index contributed by atoms with van der Waals surface area (Å²) >= 11 is 3.47. The molecule has 1 aliphatic rings. The average molecular weight is 250 g/mol. The van der Waals surface area contributed by atoms with Crippen LogP contribution in [-0.2, 0) is 4.74 Å². The number of hydrogen-bond acceptors (Lipinski definition) is 2. The van der Waals surface area contributed by atoms with Gasteiger partial charge in [0.25, 0.3) is 0 Å². The van der Waals surface area contributed by atoms with Gasteiger partial charge in [-0.25, -0.2) is 0 Å². The summed E-state index contributed by atoms with van der Waals surface area (Å²) in [6.07, 6.45) is 2.98. The van der Waals surface area contributed by atoms with Gasteiger partial charge in [-0.05, 0) is 19.9 Å². The molecule has 0 amide bonds. The van der Waals surface area contributed by atoms with Gasteiger partial charge < -0.3 is 4.74 Å². The minimum Gasteiger partial charge on any atom is -0.374 e. The Morgan fingerprint density at radius 3 is 2.92 bits per heavy atom. The van der Waals surface area contributed by atoms with Gasteiger partial charge in [-0.15, -0.1) is 0 Å². The minimum absolute atomic E-state index is 0.396. The quantitative estimate of drug-likeness (QED) is 0.710. The minimum atomic E-state index is 0.396. The first-order valence-electron chi connectivity index (χ1n) is 5.19. The summed E-state index contributed by atoms with van der Waals surface area (Å²) in [6.45, 7) is 7.70. The third kappa shape index (κ3) is 3.56. The lowest BCUT2D eigenvalue weighted by atomic mass is 10.2. The van der Waals surface area contributed by atoms with Gasteiger partial charge >= 0.3 is 0 Å². The zero-order valence-electron chi connectivity index (χ0n) is 8.63. The van der Waals surface area contributed by atoms with Crippen LogP contribution in [0.3, 0.4) is 0 Å². The summed E-state index contributed by atoms with van der Waals surface area (Å²) in [5.41, 5.74) is 0. The van der Waals surface area contributed by atoms with E-state index in [1.807, 2.05) is 0 Å². The van der Waals surface area contributed by atoms with Crippen LogP contribution < -0.4 is 0 Å².